The molecule has 0 radical (unpaired) electrons. The van der Waals surface area contributed by atoms with Crippen molar-refractivity contribution in [2.45, 2.75) is 0 Å². The van der Waals surface area contributed by atoms with E-state index in [1.54, 1.807) is 47.5 Å². The molecule has 0 N–H and O–H groups in total. The van der Waals surface area contributed by atoms with E-state index in [2.05, 4.69) is 0 Å². The van der Waals surface area contributed by atoms with Crippen LogP contribution < -0.4 is 0 Å². The number of carbonyl (C=O) groups is 1. The summed E-state index contributed by atoms with van der Waals surface area (Å²) in [7, 11) is 0. The number of halogens is 1. The number of non-ortho nitro benzene ring substituents is 1. The van der Waals surface area contributed by atoms with Gasteiger partial charge in [-0.25, -0.2) is 0 Å². The SMILES string of the molecule is O=C(/C=C/N1C=CC(=Cc2ccc([N+](=O)[O-])cc2)C=C1)c1ccc(Cl)cc1. The van der Waals surface area contributed by atoms with Crippen molar-refractivity contribution in [3.05, 3.63) is 117 Å². The first kappa shape index (κ1) is 18.4. The highest BCUT2D eigenvalue weighted by Crippen LogP contribution is 2.18. The molecule has 1 heterocycles. The van der Waals surface area contributed by atoms with E-state index in [0.29, 0.717) is 10.6 Å². The summed E-state index contributed by atoms with van der Waals surface area (Å²) in [5.41, 5.74) is 2.44. The molecule has 0 unspecified atom stereocenters. The van der Waals surface area contributed by atoms with Crippen molar-refractivity contribution in [2.75, 3.05) is 0 Å². The molecule has 0 saturated carbocycles. The first-order chi connectivity index (χ1) is 13.0. The van der Waals surface area contributed by atoms with E-state index < -0.39 is 4.92 Å². The Bertz CT molecular complexity index is 955. The molecule has 2 aromatic carbocycles. The van der Waals surface area contributed by atoms with Crippen LogP contribution in [0.4, 0.5) is 5.69 Å². The minimum Gasteiger partial charge on any atom is -0.330 e. The van der Waals surface area contributed by atoms with Gasteiger partial charge in [-0.15, -0.1) is 0 Å². The lowest BCUT2D eigenvalue weighted by atomic mass is 10.1. The van der Waals surface area contributed by atoms with Gasteiger partial charge in [0.05, 0.1) is 4.92 Å². The Hall–Kier alpha value is -3.44. The van der Waals surface area contributed by atoms with Crippen molar-refractivity contribution in [3.8, 4) is 0 Å². The van der Waals surface area contributed by atoms with E-state index in [1.807, 2.05) is 30.6 Å². The summed E-state index contributed by atoms with van der Waals surface area (Å²) in [5.74, 6) is -0.110. The number of hydrogen-bond donors (Lipinski definition) is 0. The number of hydrogen-bond acceptors (Lipinski definition) is 4. The van der Waals surface area contributed by atoms with E-state index >= 15 is 0 Å². The van der Waals surface area contributed by atoms with Crippen molar-refractivity contribution in [3.63, 3.8) is 0 Å². The van der Waals surface area contributed by atoms with Crippen molar-refractivity contribution in [1.82, 2.24) is 4.90 Å². The van der Waals surface area contributed by atoms with Gasteiger partial charge in [-0.3, -0.25) is 14.9 Å². The number of rotatable bonds is 5. The zero-order chi connectivity index (χ0) is 19.2. The normalized spacial score (nSPS) is 13.2. The number of nitro benzene ring substituents is 1. The third-order valence-electron chi connectivity index (χ3n) is 3.84. The second-order valence-electron chi connectivity index (χ2n) is 5.76. The molecule has 5 nitrogen and oxygen atoms in total. The summed E-state index contributed by atoms with van der Waals surface area (Å²) in [6.45, 7) is 0. The van der Waals surface area contributed by atoms with Crippen LogP contribution in [-0.4, -0.2) is 15.6 Å². The first-order valence-electron chi connectivity index (χ1n) is 8.09. The van der Waals surface area contributed by atoms with Crippen molar-refractivity contribution < 1.29 is 9.72 Å². The van der Waals surface area contributed by atoms with Gasteiger partial charge in [0.25, 0.3) is 5.69 Å². The lowest BCUT2D eigenvalue weighted by Gasteiger charge is -2.13. The van der Waals surface area contributed by atoms with Crippen molar-refractivity contribution in [1.29, 1.82) is 0 Å². The fourth-order valence-electron chi connectivity index (χ4n) is 2.39. The number of allylic oxidation sites excluding steroid dienone is 4. The van der Waals surface area contributed by atoms with Crippen LogP contribution in [0.15, 0.2) is 90.9 Å². The Kier molecular flexibility index (Phi) is 5.64. The molecule has 1 aliphatic rings. The number of ketones is 1. The van der Waals surface area contributed by atoms with Crippen molar-refractivity contribution in [2.24, 2.45) is 0 Å². The summed E-state index contributed by atoms with van der Waals surface area (Å²) in [4.78, 5) is 24.1. The number of carbonyl (C=O) groups excluding carboxylic acids is 1. The maximum atomic E-state index is 12.1. The summed E-state index contributed by atoms with van der Waals surface area (Å²) in [5, 5.41) is 11.3. The fraction of sp³-hybridized carbons (Fsp3) is 0. The molecule has 0 saturated heterocycles. The van der Waals surface area contributed by atoms with Crippen LogP contribution in [0, 0.1) is 10.1 Å². The van der Waals surface area contributed by atoms with Gasteiger partial charge in [0, 0.05) is 47.4 Å². The average Bonchev–Trinajstić information content (AvgIpc) is 2.68. The summed E-state index contributed by atoms with van der Waals surface area (Å²) < 4.78 is 0. The molecule has 0 fully saturated rings. The highest BCUT2D eigenvalue weighted by molar-refractivity contribution is 6.30. The third-order valence-corrected chi connectivity index (χ3v) is 4.09. The van der Waals surface area contributed by atoms with Crippen molar-refractivity contribution >= 4 is 29.1 Å². The lowest BCUT2D eigenvalue weighted by molar-refractivity contribution is -0.384. The van der Waals surface area contributed by atoms with E-state index in [-0.39, 0.29) is 11.5 Å². The first-order valence-corrected chi connectivity index (χ1v) is 8.47. The average molecular weight is 379 g/mol. The van der Waals surface area contributed by atoms with E-state index in [9.17, 15) is 14.9 Å². The van der Waals surface area contributed by atoms with E-state index in [1.165, 1.54) is 18.2 Å². The van der Waals surface area contributed by atoms with Crippen LogP contribution in [0.2, 0.25) is 5.02 Å². The largest absolute Gasteiger partial charge is 0.330 e. The van der Waals surface area contributed by atoms with Crippen LogP contribution in [-0.2, 0) is 0 Å². The van der Waals surface area contributed by atoms with Crippen LogP contribution in [0.1, 0.15) is 15.9 Å². The van der Waals surface area contributed by atoms with Gasteiger partial charge in [-0.2, -0.15) is 0 Å². The molecule has 0 bridgehead atoms. The van der Waals surface area contributed by atoms with Crippen LogP contribution in [0.25, 0.3) is 6.08 Å². The monoisotopic (exact) mass is 378 g/mol. The van der Waals surface area contributed by atoms with Gasteiger partial charge in [-0.05, 0) is 65.8 Å². The van der Waals surface area contributed by atoms with Gasteiger partial charge in [0.15, 0.2) is 5.78 Å². The predicted molar refractivity (Wildman–Crippen MR) is 106 cm³/mol. The Morgan fingerprint density at radius 1 is 1.00 bits per heavy atom. The summed E-state index contributed by atoms with van der Waals surface area (Å²) in [6.07, 6.45) is 12.5. The van der Waals surface area contributed by atoms with Gasteiger partial charge in [-0.1, -0.05) is 11.6 Å². The topological polar surface area (TPSA) is 63.5 Å². The van der Waals surface area contributed by atoms with Crippen LogP contribution >= 0.6 is 11.6 Å². The minimum atomic E-state index is -0.424. The molecule has 2 aromatic rings. The van der Waals surface area contributed by atoms with Gasteiger partial charge >= 0.3 is 0 Å². The fourth-order valence-corrected chi connectivity index (χ4v) is 2.52. The molecule has 6 heteroatoms. The molecule has 0 atom stereocenters. The molecule has 0 aliphatic carbocycles. The number of nitrogens with zero attached hydrogens (tertiary/aromatic N) is 2. The Morgan fingerprint density at radius 3 is 2.22 bits per heavy atom. The Balaban J connectivity index is 1.62. The molecular formula is C21H15ClN2O3. The Morgan fingerprint density at radius 2 is 1.63 bits per heavy atom. The van der Waals surface area contributed by atoms with Crippen LogP contribution in [0.5, 0.6) is 0 Å². The smallest absolute Gasteiger partial charge is 0.269 e. The standard InChI is InChI=1S/C21H15ClN2O3/c22-19-5-3-18(4-6-19)21(25)11-14-23-12-9-17(10-13-23)15-16-1-7-20(8-2-16)24(26)27/h1-15H/b14-11+. The zero-order valence-corrected chi connectivity index (χ0v) is 14.9. The number of nitro groups is 1. The maximum Gasteiger partial charge on any atom is 0.269 e. The van der Waals surface area contributed by atoms with E-state index in [4.69, 9.17) is 11.6 Å². The van der Waals surface area contributed by atoms with Gasteiger partial charge in [0.2, 0.25) is 0 Å². The highest BCUT2D eigenvalue weighted by Gasteiger charge is 2.05. The lowest BCUT2D eigenvalue weighted by Crippen LogP contribution is -2.04. The van der Waals surface area contributed by atoms with E-state index in [0.717, 1.165) is 11.1 Å². The van der Waals surface area contributed by atoms with Crippen LogP contribution in [0.3, 0.4) is 0 Å². The molecule has 0 aromatic heterocycles. The third kappa shape index (κ3) is 5.03. The van der Waals surface area contributed by atoms with Gasteiger partial charge in [0.1, 0.15) is 0 Å². The quantitative estimate of drug-likeness (QED) is 0.303. The zero-order valence-electron chi connectivity index (χ0n) is 14.2. The molecular weight excluding hydrogens is 364 g/mol. The molecule has 3 rings (SSSR count). The minimum absolute atomic E-state index is 0.0635. The van der Waals surface area contributed by atoms with Gasteiger partial charge < -0.3 is 4.90 Å². The predicted octanol–water partition coefficient (Wildman–Crippen LogP) is 5.37. The second kappa shape index (κ2) is 8.29. The summed E-state index contributed by atoms with van der Waals surface area (Å²) in [6, 6.07) is 13.1. The molecule has 0 amide bonds. The second-order valence-corrected chi connectivity index (χ2v) is 6.19. The highest BCUT2D eigenvalue weighted by atomic mass is 35.5. The summed E-state index contributed by atoms with van der Waals surface area (Å²) >= 11 is 5.82. The molecule has 1 aliphatic heterocycles. The maximum absolute atomic E-state index is 12.1. The molecule has 0 spiro atoms. The Labute approximate surface area is 161 Å². The number of benzene rings is 2. The molecule has 134 valence electrons. The molecule has 27 heavy (non-hydrogen) atoms.